The van der Waals surface area contributed by atoms with Crippen molar-refractivity contribution < 1.29 is 13.6 Å². The van der Waals surface area contributed by atoms with Crippen molar-refractivity contribution in [1.82, 2.24) is 0 Å². The van der Waals surface area contributed by atoms with Gasteiger partial charge in [0, 0.05) is 0 Å². The summed E-state index contributed by atoms with van der Waals surface area (Å²) in [6.45, 7) is 0. The van der Waals surface area contributed by atoms with E-state index >= 15 is 0 Å². The van der Waals surface area contributed by atoms with E-state index in [0.29, 0.717) is 10.1 Å². The van der Waals surface area contributed by atoms with Crippen molar-refractivity contribution in [1.29, 1.82) is 0 Å². The zero-order valence-corrected chi connectivity index (χ0v) is 10.1. The Kier molecular flexibility index (Phi) is 3.11. The molecule has 2 aromatic rings. The predicted molar refractivity (Wildman–Crippen MR) is 61.7 cm³/mol. The SMILES string of the molecule is NP(=O)(Oc1cccs1)Oc1cccs1. The van der Waals surface area contributed by atoms with E-state index in [1.54, 1.807) is 35.0 Å². The summed E-state index contributed by atoms with van der Waals surface area (Å²) in [7, 11) is -3.55. The average Bonchev–Trinajstić information content (AvgIpc) is 2.75. The van der Waals surface area contributed by atoms with Crippen LogP contribution in [0.4, 0.5) is 0 Å². The second-order valence-electron chi connectivity index (χ2n) is 2.59. The third-order valence-electron chi connectivity index (χ3n) is 1.42. The van der Waals surface area contributed by atoms with Gasteiger partial charge in [0.05, 0.1) is 0 Å². The Morgan fingerprint density at radius 2 is 1.53 bits per heavy atom. The molecule has 0 radical (unpaired) electrons. The van der Waals surface area contributed by atoms with Gasteiger partial charge in [-0.25, -0.2) is 10.1 Å². The third-order valence-corrected chi connectivity index (χ3v) is 4.06. The number of nitrogens with two attached hydrogens (primary N) is 1. The molecule has 2 heterocycles. The molecule has 0 unspecified atom stereocenters. The number of thiophene rings is 2. The van der Waals surface area contributed by atoms with E-state index in [1.165, 1.54) is 22.7 Å². The van der Waals surface area contributed by atoms with Gasteiger partial charge in [0.25, 0.3) is 0 Å². The highest BCUT2D eigenvalue weighted by Gasteiger charge is 2.22. The Hall–Kier alpha value is -0.810. The largest absolute Gasteiger partial charge is 0.511 e. The first kappa shape index (κ1) is 10.7. The molecule has 2 N–H and O–H groups in total. The summed E-state index contributed by atoms with van der Waals surface area (Å²) < 4.78 is 21.8. The van der Waals surface area contributed by atoms with Gasteiger partial charge in [-0.2, -0.15) is 0 Å². The molecule has 4 nitrogen and oxygen atoms in total. The normalized spacial score (nSPS) is 11.3. The highest BCUT2D eigenvalue weighted by atomic mass is 32.1. The minimum Gasteiger partial charge on any atom is -0.394 e. The minimum atomic E-state index is -3.55. The summed E-state index contributed by atoms with van der Waals surface area (Å²) in [5.74, 6) is 0. The van der Waals surface area contributed by atoms with Crippen molar-refractivity contribution in [3.05, 3.63) is 35.0 Å². The molecule has 0 fully saturated rings. The summed E-state index contributed by atoms with van der Waals surface area (Å²) >= 11 is 2.62. The fourth-order valence-corrected chi connectivity index (χ4v) is 3.43. The Labute approximate surface area is 94.9 Å². The second-order valence-corrected chi connectivity index (χ2v) is 5.85. The molecule has 0 saturated carbocycles. The summed E-state index contributed by atoms with van der Waals surface area (Å²) in [5, 5.41) is 4.58. The van der Waals surface area contributed by atoms with Crippen LogP contribution in [0, 0.1) is 0 Å². The highest BCUT2D eigenvalue weighted by Crippen LogP contribution is 2.43. The second kappa shape index (κ2) is 4.37. The van der Waals surface area contributed by atoms with Gasteiger partial charge in [-0.1, -0.05) is 0 Å². The first-order valence-corrected chi connectivity index (χ1v) is 7.38. The summed E-state index contributed by atoms with van der Waals surface area (Å²) in [6.07, 6.45) is 0. The van der Waals surface area contributed by atoms with Crippen LogP contribution in [0.5, 0.6) is 10.1 Å². The predicted octanol–water partition coefficient (Wildman–Crippen LogP) is 3.33. The first-order chi connectivity index (χ1) is 7.16. The van der Waals surface area contributed by atoms with Crippen molar-refractivity contribution >= 4 is 30.4 Å². The lowest BCUT2D eigenvalue weighted by Crippen LogP contribution is -2.07. The van der Waals surface area contributed by atoms with Crippen LogP contribution in [0.2, 0.25) is 0 Å². The van der Waals surface area contributed by atoms with Gasteiger partial charge in [-0.05, 0) is 35.0 Å². The topological polar surface area (TPSA) is 61.6 Å². The van der Waals surface area contributed by atoms with Gasteiger partial charge >= 0.3 is 7.75 Å². The molecule has 0 spiro atoms. The van der Waals surface area contributed by atoms with E-state index in [9.17, 15) is 4.57 Å². The monoisotopic (exact) mass is 261 g/mol. The van der Waals surface area contributed by atoms with E-state index in [2.05, 4.69) is 0 Å². The molecule has 0 atom stereocenters. The van der Waals surface area contributed by atoms with Crippen LogP contribution < -0.4 is 14.6 Å². The van der Waals surface area contributed by atoms with Crippen LogP contribution in [0.15, 0.2) is 35.0 Å². The van der Waals surface area contributed by atoms with Crippen LogP contribution in [0.3, 0.4) is 0 Å². The summed E-state index contributed by atoms with van der Waals surface area (Å²) in [6, 6.07) is 6.93. The van der Waals surface area contributed by atoms with Crippen molar-refractivity contribution in [2.45, 2.75) is 0 Å². The average molecular weight is 261 g/mol. The Bertz CT molecular complexity index is 414. The minimum absolute atomic E-state index is 0.484. The van der Waals surface area contributed by atoms with E-state index in [4.69, 9.17) is 14.6 Å². The van der Waals surface area contributed by atoms with Crippen LogP contribution in [-0.2, 0) is 4.57 Å². The van der Waals surface area contributed by atoms with E-state index in [1.807, 2.05) is 0 Å². The van der Waals surface area contributed by atoms with Gasteiger partial charge < -0.3 is 9.05 Å². The Balaban J connectivity index is 2.04. The molecule has 80 valence electrons. The Morgan fingerprint density at radius 1 is 1.07 bits per heavy atom. The molecular weight excluding hydrogens is 253 g/mol. The summed E-state index contributed by atoms with van der Waals surface area (Å²) in [5.41, 5.74) is 5.42. The fraction of sp³-hybridized carbons (Fsp3) is 0. The number of hydrogen-bond donors (Lipinski definition) is 1. The van der Waals surface area contributed by atoms with Crippen LogP contribution in [0.25, 0.3) is 0 Å². The van der Waals surface area contributed by atoms with Crippen molar-refractivity contribution in [2.24, 2.45) is 5.50 Å². The molecule has 0 aliphatic carbocycles. The van der Waals surface area contributed by atoms with E-state index < -0.39 is 7.75 Å². The maximum atomic E-state index is 11.7. The third kappa shape index (κ3) is 3.07. The number of rotatable bonds is 4. The highest BCUT2D eigenvalue weighted by molar-refractivity contribution is 7.52. The smallest absolute Gasteiger partial charge is 0.394 e. The van der Waals surface area contributed by atoms with Crippen LogP contribution >= 0.6 is 30.4 Å². The molecular formula is C8H8NO3PS2. The zero-order chi connectivity index (χ0) is 10.7. The van der Waals surface area contributed by atoms with Gasteiger partial charge in [0.15, 0.2) is 10.1 Å². The van der Waals surface area contributed by atoms with Gasteiger partial charge in [0.1, 0.15) is 0 Å². The molecule has 7 heteroatoms. The zero-order valence-electron chi connectivity index (χ0n) is 7.53. The van der Waals surface area contributed by atoms with Crippen LogP contribution in [0.1, 0.15) is 0 Å². The van der Waals surface area contributed by atoms with Gasteiger partial charge in [-0.15, -0.1) is 22.7 Å². The molecule has 0 bridgehead atoms. The molecule has 0 aromatic carbocycles. The van der Waals surface area contributed by atoms with E-state index in [-0.39, 0.29) is 0 Å². The summed E-state index contributed by atoms with van der Waals surface area (Å²) in [4.78, 5) is 0. The molecule has 0 saturated heterocycles. The quantitative estimate of drug-likeness (QED) is 0.857. The lowest BCUT2D eigenvalue weighted by atomic mass is 10.7. The van der Waals surface area contributed by atoms with E-state index in [0.717, 1.165) is 0 Å². The molecule has 0 amide bonds. The standard InChI is InChI=1S/C8H8NO3PS2/c9-13(10,11-7-3-1-5-14-7)12-8-4-2-6-15-8/h1-6H,(H2,9,10). The lowest BCUT2D eigenvalue weighted by Gasteiger charge is -2.12. The van der Waals surface area contributed by atoms with Crippen molar-refractivity contribution in [3.63, 3.8) is 0 Å². The van der Waals surface area contributed by atoms with Gasteiger partial charge in [0.2, 0.25) is 0 Å². The lowest BCUT2D eigenvalue weighted by molar-refractivity contribution is 0.395. The van der Waals surface area contributed by atoms with Crippen molar-refractivity contribution in [3.8, 4) is 10.1 Å². The molecule has 0 aliphatic rings. The molecule has 0 aliphatic heterocycles. The molecule has 15 heavy (non-hydrogen) atoms. The fourth-order valence-electron chi connectivity index (χ4n) is 0.900. The molecule has 2 rings (SSSR count). The maximum Gasteiger partial charge on any atom is 0.511 e. The van der Waals surface area contributed by atoms with Crippen LogP contribution in [-0.4, -0.2) is 0 Å². The number of hydrogen-bond acceptors (Lipinski definition) is 5. The van der Waals surface area contributed by atoms with Crippen molar-refractivity contribution in [2.75, 3.05) is 0 Å². The maximum absolute atomic E-state index is 11.7. The van der Waals surface area contributed by atoms with Gasteiger partial charge in [-0.3, -0.25) is 0 Å². The first-order valence-electron chi connectivity index (χ1n) is 4.00. The Morgan fingerprint density at radius 3 is 1.87 bits per heavy atom. The molecule has 2 aromatic heterocycles.